The number of ether oxygens (including phenoxy) is 3. The molecular formula is C15H15F3N2O4. The summed E-state index contributed by atoms with van der Waals surface area (Å²) >= 11 is 0. The fourth-order valence-electron chi connectivity index (χ4n) is 2.08. The third kappa shape index (κ3) is 3.92. The first-order valence-electron chi connectivity index (χ1n) is 6.81. The van der Waals surface area contributed by atoms with Crippen LogP contribution in [0.15, 0.2) is 28.9 Å². The lowest BCUT2D eigenvalue weighted by Crippen LogP contribution is -2.37. The lowest BCUT2D eigenvalue weighted by molar-refractivity contribution is -0.145. The second kappa shape index (κ2) is 7.93. The summed E-state index contributed by atoms with van der Waals surface area (Å²) in [7, 11) is 2.72. The summed E-state index contributed by atoms with van der Waals surface area (Å²) in [6, 6.07) is 0.210. The zero-order chi connectivity index (χ0) is 17.7. The second-order valence-electron chi connectivity index (χ2n) is 4.77. The van der Waals surface area contributed by atoms with E-state index in [0.717, 1.165) is 6.07 Å². The van der Waals surface area contributed by atoms with Gasteiger partial charge >= 0.3 is 5.97 Å². The maximum absolute atomic E-state index is 14.0. The number of hydrogen-bond acceptors (Lipinski definition) is 6. The first kappa shape index (κ1) is 18.0. The van der Waals surface area contributed by atoms with E-state index in [1.807, 2.05) is 0 Å². The van der Waals surface area contributed by atoms with Gasteiger partial charge in [-0.05, 0) is 18.2 Å². The highest BCUT2D eigenvalue weighted by atomic mass is 19.2. The van der Waals surface area contributed by atoms with Crippen molar-refractivity contribution in [3.05, 3.63) is 46.9 Å². The number of hydrogen-bond donors (Lipinski definition) is 1. The van der Waals surface area contributed by atoms with Gasteiger partial charge in [-0.2, -0.15) is 0 Å². The van der Waals surface area contributed by atoms with Crippen LogP contribution in [0, 0.1) is 17.5 Å². The van der Waals surface area contributed by atoms with Gasteiger partial charge in [0.25, 0.3) is 0 Å². The van der Waals surface area contributed by atoms with Crippen LogP contribution in [0.3, 0.4) is 0 Å². The lowest BCUT2D eigenvalue weighted by Gasteiger charge is -2.22. The average molecular weight is 344 g/mol. The van der Waals surface area contributed by atoms with Crippen molar-refractivity contribution >= 4 is 11.8 Å². The number of aliphatic imine (C=N–C) groups is 1. The number of methoxy groups -OCH3 is 2. The molecule has 130 valence electrons. The fraction of sp³-hybridized carbons (Fsp3) is 0.333. The Hall–Kier alpha value is -2.39. The van der Waals surface area contributed by atoms with Gasteiger partial charge in [0.05, 0.1) is 12.2 Å². The number of carbonyl (C=O) groups is 1. The van der Waals surface area contributed by atoms with E-state index in [0.29, 0.717) is 11.8 Å². The number of nitrogens with zero attached hydrogens (tertiary/aromatic N) is 1. The van der Waals surface area contributed by atoms with Crippen molar-refractivity contribution in [1.29, 1.82) is 0 Å². The molecule has 0 radical (unpaired) electrons. The van der Waals surface area contributed by atoms with Crippen molar-refractivity contribution in [2.45, 2.75) is 6.04 Å². The van der Waals surface area contributed by atoms with E-state index >= 15 is 0 Å². The number of rotatable bonds is 6. The van der Waals surface area contributed by atoms with Crippen LogP contribution < -0.4 is 5.32 Å². The van der Waals surface area contributed by atoms with Gasteiger partial charge in [0.15, 0.2) is 18.4 Å². The van der Waals surface area contributed by atoms with Crippen LogP contribution in [0.5, 0.6) is 0 Å². The van der Waals surface area contributed by atoms with E-state index in [4.69, 9.17) is 9.47 Å². The number of carbonyl (C=O) groups excluding carboxylic acids is 1. The molecule has 0 amide bonds. The topological polar surface area (TPSA) is 69.2 Å². The quantitative estimate of drug-likeness (QED) is 0.484. The molecular weight excluding hydrogens is 329 g/mol. The van der Waals surface area contributed by atoms with Gasteiger partial charge in [0.2, 0.25) is 5.84 Å². The van der Waals surface area contributed by atoms with E-state index < -0.39 is 35.0 Å². The summed E-state index contributed by atoms with van der Waals surface area (Å²) in [5.41, 5.74) is -0.285. The van der Waals surface area contributed by atoms with Crippen molar-refractivity contribution < 1.29 is 32.2 Å². The maximum atomic E-state index is 14.0. The Bertz CT molecular complexity index is 692. The summed E-state index contributed by atoms with van der Waals surface area (Å²) < 4.78 is 55.7. The van der Waals surface area contributed by atoms with Crippen LogP contribution in [0.1, 0.15) is 11.6 Å². The summed E-state index contributed by atoms with van der Waals surface area (Å²) in [6.45, 7) is -0.304. The number of benzene rings is 1. The van der Waals surface area contributed by atoms with Crippen LogP contribution >= 0.6 is 0 Å². The van der Waals surface area contributed by atoms with Gasteiger partial charge in [-0.1, -0.05) is 0 Å². The van der Waals surface area contributed by atoms with E-state index in [2.05, 4.69) is 15.0 Å². The Morgan fingerprint density at radius 2 is 1.92 bits per heavy atom. The largest absolute Gasteiger partial charge is 0.433 e. The molecule has 0 bridgehead atoms. The highest BCUT2D eigenvalue weighted by molar-refractivity contribution is 6.36. The third-order valence-corrected chi connectivity index (χ3v) is 3.08. The molecule has 1 aliphatic rings. The normalized spacial score (nSPS) is 17.0. The summed E-state index contributed by atoms with van der Waals surface area (Å²) in [5, 5.41) is 2.63. The van der Waals surface area contributed by atoms with Crippen LogP contribution in [0.2, 0.25) is 0 Å². The minimum absolute atomic E-state index is 0.0195. The molecule has 0 saturated carbocycles. The Morgan fingerprint density at radius 1 is 1.21 bits per heavy atom. The Kier molecular flexibility index (Phi) is 5.93. The van der Waals surface area contributed by atoms with E-state index in [1.165, 1.54) is 20.3 Å². The first-order chi connectivity index (χ1) is 11.5. The number of nitrogens with one attached hydrogen (secondary N) is 1. The Morgan fingerprint density at radius 3 is 2.58 bits per heavy atom. The molecule has 24 heavy (non-hydrogen) atoms. The molecule has 0 fully saturated rings. The van der Waals surface area contributed by atoms with Crippen LogP contribution in [-0.4, -0.2) is 39.4 Å². The standard InChI is InChI=1S/C15H15F3N2O4/c1-22-6-8-5-11(12-9(16)3-4-10(17)13(12)18)20-14(19-8)15(21)24-7-23-2/h3-5,11H,6-7H2,1-2H3,(H,19,20). The Labute approximate surface area is 135 Å². The van der Waals surface area contributed by atoms with E-state index in [9.17, 15) is 18.0 Å². The molecule has 0 saturated heterocycles. The lowest BCUT2D eigenvalue weighted by atomic mass is 10.0. The van der Waals surface area contributed by atoms with Gasteiger partial charge in [-0.3, -0.25) is 0 Å². The highest BCUT2D eigenvalue weighted by Crippen LogP contribution is 2.29. The summed E-state index contributed by atoms with van der Waals surface area (Å²) in [4.78, 5) is 15.8. The fourth-order valence-corrected chi connectivity index (χ4v) is 2.08. The van der Waals surface area contributed by atoms with Crippen LogP contribution in [-0.2, 0) is 19.0 Å². The predicted molar refractivity (Wildman–Crippen MR) is 77.6 cm³/mol. The second-order valence-corrected chi connectivity index (χ2v) is 4.77. The maximum Gasteiger partial charge on any atom is 0.376 e. The molecule has 1 aliphatic heterocycles. The predicted octanol–water partition coefficient (Wildman–Crippen LogP) is 1.82. The van der Waals surface area contributed by atoms with Gasteiger partial charge in [0, 0.05) is 19.9 Å². The average Bonchev–Trinajstić information content (AvgIpc) is 2.56. The summed E-state index contributed by atoms with van der Waals surface area (Å²) in [6.07, 6.45) is 1.33. The zero-order valence-electron chi connectivity index (χ0n) is 12.9. The molecule has 1 N–H and O–H groups in total. The van der Waals surface area contributed by atoms with Crippen LogP contribution in [0.25, 0.3) is 0 Å². The minimum Gasteiger partial charge on any atom is -0.433 e. The molecule has 6 nitrogen and oxygen atoms in total. The molecule has 1 aromatic carbocycles. The molecule has 0 aromatic heterocycles. The Balaban J connectivity index is 2.41. The molecule has 0 aliphatic carbocycles. The molecule has 0 spiro atoms. The molecule has 1 unspecified atom stereocenters. The van der Waals surface area contributed by atoms with Crippen molar-refractivity contribution in [2.24, 2.45) is 4.99 Å². The van der Waals surface area contributed by atoms with Crippen LogP contribution in [0.4, 0.5) is 13.2 Å². The van der Waals surface area contributed by atoms with Gasteiger partial charge in [-0.15, -0.1) is 0 Å². The monoisotopic (exact) mass is 344 g/mol. The van der Waals surface area contributed by atoms with Gasteiger partial charge < -0.3 is 19.5 Å². The van der Waals surface area contributed by atoms with Crippen molar-refractivity contribution in [3.8, 4) is 0 Å². The van der Waals surface area contributed by atoms with Crippen molar-refractivity contribution in [1.82, 2.24) is 5.32 Å². The van der Waals surface area contributed by atoms with Crippen molar-refractivity contribution in [2.75, 3.05) is 27.6 Å². The number of esters is 1. The van der Waals surface area contributed by atoms with Gasteiger partial charge in [-0.25, -0.2) is 23.0 Å². The SMILES string of the molecule is COCOC(=O)C1=NC(c2c(F)ccc(F)c2F)C=C(COC)N1. The smallest absolute Gasteiger partial charge is 0.376 e. The van der Waals surface area contributed by atoms with E-state index in [-0.39, 0.29) is 19.2 Å². The third-order valence-electron chi connectivity index (χ3n) is 3.08. The van der Waals surface area contributed by atoms with E-state index in [1.54, 1.807) is 0 Å². The highest BCUT2D eigenvalue weighted by Gasteiger charge is 2.27. The number of halogens is 3. The minimum atomic E-state index is -1.37. The molecule has 2 rings (SSSR count). The molecule has 1 atom stereocenters. The zero-order valence-corrected chi connectivity index (χ0v) is 12.9. The first-order valence-corrected chi connectivity index (χ1v) is 6.81. The summed E-state index contributed by atoms with van der Waals surface area (Å²) in [5.74, 6) is -4.76. The molecule has 1 aromatic rings. The molecule has 1 heterocycles. The number of amidine groups is 1. The molecule has 9 heteroatoms. The van der Waals surface area contributed by atoms with Crippen molar-refractivity contribution in [3.63, 3.8) is 0 Å². The van der Waals surface area contributed by atoms with Gasteiger partial charge in [0.1, 0.15) is 11.9 Å².